The van der Waals surface area contributed by atoms with Gasteiger partial charge in [0.15, 0.2) is 0 Å². The molecule has 0 saturated heterocycles. The van der Waals surface area contributed by atoms with Crippen molar-refractivity contribution < 1.29 is 29.3 Å². The van der Waals surface area contributed by atoms with Gasteiger partial charge in [-0.3, -0.25) is 0 Å². The van der Waals surface area contributed by atoms with Gasteiger partial charge in [0.1, 0.15) is 19.6 Å². The van der Waals surface area contributed by atoms with Crippen molar-refractivity contribution in [2.45, 2.75) is 25.9 Å². The molecule has 308 valence electrons. The molecule has 63 heavy (non-hydrogen) atoms. The van der Waals surface area contributed by atoms with E-state index in [2.05, 4.69) is 134 Å². The minimum Gasteiger partial charge on any atom is -0.493 e. The van der Waals surface area contributed by atoms with E-state index in [9.17, 15) is 9.59 Å². The van der Waals surface area contributed by atoms with Crippen molar-refractivity contribution in [1.82, 2.24) is 0 Å². The lowest BCUT2D eigenvalue weighted by Crippen LogP contribution is -2.53. The van der Waals surface area contributed by atoms with Gasteiger partial charge in [-0.2, -0.15) is 0 Å². The SMILES string of the molecule is C[Si](C)(c1ccc2ccc3c(-c4ccc(OCCC=CC(=O)O)cc4)ccc4ccc1c2c43)c1ccc2ccc3c(-c4ccc(OCCC=CC(=O)O)cc4)ccc4ccc1c2c43. The van der Waals surface area contributed by atoms with Crippen LogP contribution in [0.15, 0.2) is 170 Å². The molecular weight excluding hydrogens is 797 g/mol. The topological polar surface area (TPSA) is 93.1 Å². The Morgan fingerprint density at radius 3 is 1.16 bits per heavy atom. The molecule has 2 N–H and O–H groups in total. The van der Waals surface area contributed by atoms with Gasteiger partial charge in [0, 0.05) is 12.2 Å². The molecule has 0 aliphatic heterocycles. The highest BCUT2D eigenvalue weighted by molar-refractivity contribution is 7.03. The van der Waals surface area contributed by atoms with Gasteiger partial charge in [0.2, 0.25) is 0 Å². The summed E-state index contributed by atoms with van der Waals surface area (Å²) >= 11 is 0. The summed E-state index contributed by atoms with van der Waals surface area (Å²) in [6.07, 6.45) is 6.55. The predicted octanol–water partition coefficient (Wildman–Crippen LogP) is 12.5. The van der Waals surface area contributed by atoms with Crippen LogP contribution >= 0.6 is 0 Å². The second kappa shape index (κ2) is 16.1. The number of carbonyl (C=O) groups is 2. The highest BCUT2D eigenvalue weighted by Crippen LogP contribution is 2.42. The highest BCUT2D eigenvalue weighted by atomic mass is 28.3. The maximum absolute atomic E-state index is 10.8. The molecule has 10 aromatic rings. The summed E-state index contributed by atoms with van der Waals surface area (Å²) in [6, 6.07) is 53.1. The summed E-state index contributed by atoms with van der Waals surface area (Å²) in [5.74, 6) is -0.401. The van der Waals surface area contributed by atoms with Gasteiger partial charge in [0.25, 0.3) is 0 Å². The van der Waals surface area contributed by atoms with Crippen LogP contribution in [0.3, 0.4) is 0 Å². The van der Waals surface area contributed by atoms with Crippen molar-refractivity contribution in [2.24, 2.45) is 0 Å². The third-order valence-electron chi connectivity index (χ3n) is 12.6. The zero-order valence-corrected chi connectivity index (χ0v) is 36.0. The second-order valence-corrected chi connectivity index (χ2v) is 21.1. The number of carboxylic acid groups (broad SMARTS) is 2. The van der Waals surface area contributed by atoms with Gasteiger partial charge in [0.05, 0.1) is 13.2 Å². The van der Waals surface area contributed by atoms with E-state index in [0.717, 1.165) is 34.8 Å². The van der Waals surface area contributed by atoms with Crippen molar-refractivity contribution in [3.63, 3.8) is 0 Å². The molecule has 0 fully saturated rings. The zero-order valence-electron chi connectivity index (χ0n) is 35.0. The quantitative estimate of drug-likeness (QED) is 0.0490. The van der Waals surface area contributed by atoms with Gasteiger partial charge in [-0.05, 0) is 134 Å². The number of rotatable bonds is 14. The third kappa shape index (κ3) is 7.20. The number of carboxylic acids is 2. The lowest BCUT2D eigenvalue weighted by atomic mass is 9.90. The summed E-state index contributed by atoms with van der Waals surface area (Å²) < 4.78 is 11.8. The van der Waals surface area contributed by atoms with Crippen LogP contribution in [0.4, 0.5) is 0 Å². The zero-order chi connectivity index (χ0) is 43.2. The van der Waals surface area contributed by atoms with E-state index in [1.807, 2.05) is 24.3 Å². The smallest absolute Gasteiger partial charge is 0.327 e. The molecule has 6 nitrogen and oxygen atoms in total. The third-order valence-corrected chi connectivity index (χ3v) is 16.2. The minimum atomic E-state index is -2.35. The van der Waals surface area contributed by atoms with Crippen molar-refractivity contribution >= 4 is 95.0 Å². The normalized spacial score (nSPS) is 12.3. The molecule has 10 aromatic carbocycles. The molecule has 0 unspecified atom stereocenters. The van der Waals surface area contributed by atoms with Crippen LogP contribution in [0.1, 0.15) is 12.8 Å². The molecule has 0 aliphatic carbocycles. The van der Waals surface area contributed by atoms with E-state index < -0.39 is 20.0 Å². The molecule has 0 aliphatic rings. The Morgan fingerprint density at radius 2 is 0.778 bits per heavy atom. The average Bonchev–Trinajstić information content (AvgIpc) is 3.29. The maximum Gasteiger partial charge on any atom is 0.327 e. The standard InChI is InChI=1S/C56H44O6Si/c1-63(2,49-31-19-39-15-27-45-43(25-13-37-17-29-47(49)55(39)53(37)45)35-9-21-41(22-10-35)61-33-5-3-7-51(57)58)50-32-20-40-16-28-46-44(26-14-38-18-30-48(50)56(40)54(38)46)36-11-23-42(24-12-36)62-34-6-4-8-52(59)60/h3-4,7-32H,5-6,33-34H2,1-2H3,(H,57,58)(H,59,60). The van der Waals surface area contributed by atoms with Crippen LogP contribution in [-0.4, -0.2) is 43.4 Å². The maximum atomic E-state index is 10.8. The molecule has 0 radical (unpaired) electrons. The van der Waals surface area contributed by atoms with Crippen LogP contribution < -0.4 is 19.8 Å². The van der Waals surface area contributed by atoms with E-state index in [4.69, 9.17) is 19.7 Å². The fourth-order valence-corrected chi connectivity index (χ4v) is 12.7. The fraction of sp³-hybridized carbons (Fsp3) is 0.107. The van der Waals surface area contributed by atoms with Crippen LogP contribution in [0.2, 0.25) is 13.1 Å². The Bertz CT molecular complexity index is 3190. The van der Waals surface area contributed by atoms with Crippen LogP contribution in [-0.2, 0) is 9.59 Å². The Balaban J connectivity index is 1.02. The summed E-state index contributed by atoms with van der Waals surface area (Å²) in [4.78, 5) is 21.6. The van der Waals surface area contributed by atoms with E-state index in [0.29, 0.717) is 26.1 Å². The first-order valence-electron chi connectivity index (χ1n) is 21.3. The van der Waals surface area contributed by atoms with E-state index in [1.54, 1.807) is 12.2 Å². The van der Waals surface area contributed by atoms with Crippen molar-refractivity contribution in [1.29, 1.82) is 0 Å². The molecule has 0 saturated carbocycles. The van der Waals surface area contributed by atoms with E-state index >= 15 is 0 Å². The van der Waals surface area contributed by atoms with E-state index in [-0.39, 0.29) is 0 Å². The first-order chi connectivity index (χ1) is 30.7. The Morgan fingerprint density at radius 1 is 0.444 bits per heavy atom. The summed E-state index contributed by atoms with van der Waals surface area (Å²) in [7, 11) is -2.35. The molecule has 10 rings (SSSR count). The Hall–Kier alpha value is -7.48. The lowest BCUT2D eigenvalue weighted by molar-refractivity contribution is -0.132. The second-order valence-electron chi connectivity index (χ2n) is 16.7. The van der Waals surface area contributed by atoms with E-state index in [1.165, 1.54) is 86.1 Å². The average molecular weight is 841 g/mol. The molecule has 0 atom stereocenters. The lowest BCUT2D eigenvalue weighted by Gasteiger charge is -2.29. The number of benzene rings is 10. The summed E-state index contributed by atoms with van der Waals surface area (Å²) in [5.41, 5.74) is 4.58. The first-order valence-corrected chi connectivity index (χ1v) is 24.3. The Labute approximate surface area is 365 Å². The van der Waals surface area contributed by atoms with Crippen molar-refractivity contribution in [2.75, 3.05) is 13.2 Å². The fourth-order valence-electron chi connectivity index (χ4n) is 9.66. The minimum absolute atomic E-state index is 0.409. The molecule has 0 spiro atoms. The summed E-state index contributed by atoms with van der Waals surface area (Å²) in [6.45, 7) is 5.82. The van der Waals surface area contributed by atoms with Gasteiger partial charge >= 0.3 is 11.9 Å². The van der Waals surface area contributed by atoms with Crippen molar-refractivity contribution in [3.8, 4) is 33.8 Å². The predicted molar refractivity (Wildman–Crippen MR) is 262 cm³/mol. The molecule has 7 heteroatoms. The van der Waals surface area contributed by atoms with Crippen LogP contribution in [0.5, 0.6) is 11.5 Å². The van der Waals surface area contributed by atoms with Crippen LogP contribution in [0.25, 0.3) is 86.9 Å². The molecule has 0 heterocycles. The Kier molecular flexibility index (Phi) is 10.1. The first kappa shape index (κ1) is 39.6. The van der Waals surface area contributed by atoms with Crippen LogP contribution in [0, 0.1) is 0 Å². The monoisotopic (exact) mass is 840 g/mol. The molecule has 0 aromatic heterocycles. The number of hydrogen-bond acceptors (Lipinski definition) is 4. The molecular formula is C56H44O6Si. The molecule has 0 amide bonds. The number of hydrogen-bond donors (Lipinski definition) is 2. The highest BCUT2D eigenvalue weighted by Gasteiger charge is 2.31. The number of aliphatic carboxylic acids is 2. The van der Waals surface area contributed by atoms with Gasteiger partial charge in [-0.15, -0.1) is 0 Å². The van der Waals surface area contributed by atoms with Gasteiger partial charge in [-0.1, -0.05) is 147 Å². The van der Waals surface area contributed by atoms with Gasteiger partial charge in [-0.25, -0.2) is 9.59 Å². The van der Waals surface area contributed by atoms with Crippen molar-refractivity contribution in [3.05, 3.63) is 170 Å². The largest absolute Gasteiger partial charge is 0.493 e. The summed E-state index contributed by atoms with van der Waals surface area (Å²) in [5, 5.41) is 35.7. The number of ether oxygens (including phenoxy) is 2. The van der Waals surface area contributed by atoms with Gasteiger partial charge < -0.3 is 19.7 Å². The molecule has 0 bridgehead atoms.